The van der Waals surface area contributed by atoms with Crippen molar-refractivity contribution in [3.8, 4) is 11.4 Å². The molecule has 0 bridgehead atoms. The van der Waals surface area contributed by atoms with Crippen molar-refractivity contribution in [2.75, 3.05) is 13.2 Å². The minimum absolute atomic E-state index is 0.0274. The van der Waals surface area contributed by atoms with Crippen LogP contribution >= 0.6 is 0 Å². The van der Waals surface area contributed by atoms with Crippen LogP contribution in [0.4, 0.5) is 8.78 Å². The van der Waals surface area contributed by atoms with E-state index in [4.69, 9.17) is 20.4 Å². The number of nitrogens with zero attached hydrogens (tertiary/aromatic N) is 3. The Hall–Kier alpha value is -4.09. The lowest BCUT2D eigenvalue weighted by Gasteiger charge is -2.10. The van der Waals surface area contributed by atoms with E-state index in [-0.39, 0.29) is 37.7 Å². The molecule has 12 heteroatoms. The zero-order valence-electron chi connectivity index (χ0n) is 17.6. The van der Waals surface area contributed by atoms with Crippen LogP contribution in [0.2, 0.25) is 0 Å². The Labute approximate surface area is 186 Å². The third-order valence-corrected chi connectivity index (χ3v) is 4.53. The Morgan fingerprint density at radius 1 is 1.24 bits per heavy atom. The van der Waals surface area contributed by atoms with Crippen LogP contribution in [0, 0.1) is 11.2 Å². The first kappa shape index (κ1) is 23.6. The van der Waals surface area contributed by atoms with Gasteiger partial charge in [-0.1, -0.05) is 17.3 Å². The van der Waals surface area contributed by atoms with Gasteiger partial charge in [-0.3, -0.25) is 10.1 Å². The summed E-state index contributed by atoms with van der Waals surface area (Å²) in [5.41, 5.74) is 7.46. The van der Waals surface area contributed by atoms with E-state index in [0.29, 0.717) is 22.5 Å². The first-order chi connectivity index (χ1) is 15.8. The van der Waals surface area contributed by atoms with Gasteiger partial charge in [0.15, 0.2) is 0 Å². The molecule has 0 aliphatic heterocycles. The van der Waals surface area contributed by atoms with Gasteiger partial charge >= 0.3 is 11.9 Å². The minimum Gasteiger partial charge on any atom is -0.463 e. The molecule has 0 amide bonds. The highest BCUT2D eigenvalue weighted by molar-refractivity contribution is 5.97. The van der Waals surface area contributed by atoms with E-state index >= 15 is 0 Å². The molecular weight excluding hydrogens is 440 g/mol. The predicted octanol–water partition coefficient (Wildman–Crippen LogP) is 2.00. The fraction of sp³-hybridized carbons (Fsp3) is 0.286. The number of alkyl halides is 1. The van der Waals surface area contributed by atoms with Crippen molar-refractivity contribution in [3.05, 3.63) is 59.2 Å². The summed E-state index contributed by atoms with van der Waals surface area (Å²) in [6.07, 6.45) is -1.03. The zero-order valence-corrected chi connectivity index (χ0v) is 17.6. The Morgan fingerprint density at radius 3 is 2.64 bits per heavy atom. The number of benzene rings is 1. The second-order valence-electron chi connectivity index (χ2n) is 6.83. The summed E-state index contributed by atoms with van der Waals surface area (Å²) in [5, 5.41) is 15.7. The number of carbonyl (C=O) groups is 2. The second-order valence-corrected chi connectivity index (χ2v) is 6.83. The Bertz CT molecular complexity index is 1150. The highest BCUT2D eigenvalue weighted by Gasteiger charge is 2.29. The molecule has 0 aliphatic rings. The largest absolute Gasteiger partial charge is 0.463 e. The smallest absolute Gasteiger partial charge is 0.352 e. The highest BCUT2D eigenvalue weighted by atomic mass is 19.1. The SMILES string of the molecule is CCOC(=O)C(F)C(=O)OCCc1ccc(Cn2nc(C(=N)N)cc2-c2ccon2)c(F)c1. The fourth-order valence-electron chi connectivity index (χ4n) is 2.91. The van der Waals surface area contributed by atoms with Crippen molar-refractivity contribution in [2.45, 2.75) is 26.1 Å². The topological polar surface area (TPSA) is 146 Å². The average molecular weight is 461 g/mol. The molecule has 0 fully saturated rings. The van der Waals surface area contributed by atoms with E-state index in [9.17, 15) is 18.4 Å². The predicted molar refractivity (Wildman–Crippen MR) is 110 cm³/mol. The summed E-state index contributed by atoms with van der Waals surface area (Å²) in [4.78, 5) is 22.7. The number of ether oxygens (including phenoxy) is 2. The maximum Gasteiger partial charge on any atom is 0.352 e. The Balaban J connectivity index is 1.65. The molecule has 0 aliphatic carbocycles. The first-order valence-electron chi connectivity index (χ1n) is 9.87. The fourth-order valence-corrected chi connectivity index (χ4v) is 2.91. The molecule has 1 atom stereocenters. The van der Waals surface area contributed by atoms with Crippen LogP contribution in [0.5, 0.6) is 0 Å². The quantitative estimate of drug-likeness (QED) is 0.202. The molecule has 1 unspecified atom stereocenters. The van der Waals surface area contributed by atoms with E-state index in [0.717, 1.165) is 0 Å². The molecular formula is C21H21F2N5O5. The van der Waals surface area contributed by atoms with E-state index in [2.05, 4.69) is 15.0 Å². The lowest BCUT2D eigenvalue weighted by Crippen LogP contribution is -2.30. The molecule has 3 N–H and O–H groups in total. The number of aromatic nitrogens is 3. The molecule has 33 heavy (non-hydrogen) atoms. The number of nitrogen functional groups attached to an aromatic ring is 1. The van der Waals surface area contributed by atoms with Crippen molar-refractivity contribution < 1.29 is 32.4 Å². The molecule has 0 saturated carbocycles. The van der Waals surface area contributed by atoms with Crippen molar-refractivity contribution >= 4 is 17.8 Å². The molecule has 0 radical (unpaired) electrons. The summed E-state index contributed by atoms with van der Waals surface area (Å²) in [6, 6.07) is 7.56. The van der Waals surface area contributed by atoms with Crippen molar-refractivity contribution in [2.24, 2.45) is 5.73 Å². The zero-order chi connectivity index (χ0) is 24.0. The molecule has 0 spiro atoms. The van der Waals surface area contributed by atoms with Crippen molar-refractivity contribution in [1.82, 2.24) is 14.9 Å². The number of hydrogen-bond acceptors (Lipinski definition) is 8. The Kier molecular flexibility index (Phi) is 7.49. The number of nitrogens with two attached hydrogens (primary N) is 1. The van der Waals surface area contributed by atoms with Gasteiger partial charge in [-0.05, 0) is 24.6 Å². The maximum atomic E-state index is 14.7. The molecule has 1 aromatic carbocycles. The van der Waals surface area contributed by atoms with Gasteiger partial charge in [0.25, 0.3) is 6.17 Å². The lowest BCUT2D eigenvalue weighted by atomic mass is 10.1. The Morgan fingerprint density at radius 2 is 2.00 bits per heavy atom. The lowest BCUT2D eigenvalue weighted by molar-refractivity contribution is -0.163. The number of hydrogen-bond donors (Lipinski definition) is 2. The molecule has 174 valence electrons. The van der Waals surface area contributed by atoms with Gasteiger partial charge in [-0.15, -0.1) is 0 Å². The molecule has 3 aromatic rings. The van der Waals surface area contributed by atoms with Crippen LogP contribution < -0.4 is 5.73 Å². The highest BCUT2D eigenvalue weighted by Crippen LogP contribution is 2.21. The number of carbonyl (C=O) groups excluding carboxylic acids is 2. The number of esters is 2. The van der Waals surface area contributed by atoms with E-state index in [1.54, 1.807) is 18.2 Å². The number of nitrogens with one attached hydrogen (secondary N) is 1. The number of rotatable bonds is 10. The normalized spacial score (nSPS) is 11.7. The van der Waals surface area contributed by atoms with Crippen LogP contribution in [0.1, 0.15) is 23.7 Å². The summed E-state index contributed by atoms with van der Waals surface area (Å²) in [5.74, 6) is -3.46. The first-order valence-corrected chi connectivity index (χ1v) is 9.87. The van der Waals surface area contributed by atoms with Gasteiger partial charge in [-0.2, -0.15) is 5.10 Å². The van der Waals surface area contributed by atoms with Crippen LogP contribution in [0.15, 0.2) is 41.1 Å². The summed E-state index contributed by atoms with van der Waals surface area (Å²) in [7, 11) is 0. The van der Waals surface area contributed by atoms with Crippen molar-refractivity contribution in [1.29, 1.82) is 5.41 Å². The van der Waals surface area contributed by atoms with Crippen LogP contribution in [-0.4, -0.2) is 52.1 Å². The average Bonchev–Trinajstić information content (AvgIpc) is 3.45. The van der Waals surface area contributed by atoms with Crippen LogP contribution in [0.3, 0.4) is 0 Å². The second kappa shape index (κ2) is 10.5. The van der Waals surface area contributed by atoms with Crippen molar-refractivity contribution in [3.63, 3.8) is 0 Å². The number of amidine groups is 1. The monoisotopic (exact) mass is 461 g/mol. The molecule has 0 saturated heterocycles. The van der Waals surface area contributed by atoms with Gasteiger partial charge in [-0.25, -0.2) is 18.4 Å². The van der Waals surface area contributed by atoms with Crippen LogP contribution in [0.25, 0.3) is 11.4 Å². The van der Waals surface area contributed by atoms with E-state index in [1.807, 2.05) is 0 Å². The summed E-state index contributed by atoms with van der Waals surface area (Å²) in [6.45, 7) is 1.21. The standard InChI is InChI=1S/C21H21F2N5O5/c1-2-31-20(29)18(23)21(30)32-7-5-12-3-4-13(14(22)9-12)11-28-17(15-6-8-33-27-15)10-16(26-28)19(24)25/h3-4,6,8-10,18H,2,5,7,11H2,1H3,(H3,24,25). The van der Waals surface area contributed by atoms with Gasteiger partial charge in [0.05, 0.1) is 25.5 Å². The van der Waals surface area contributed by atoms with Gasteiger partial charge in [0.1, 0.15) is 29.3 Å². The summed E-state index contributed by atoms with van der Waals surface area (Å²) < 4.78 is 43.7. The van der Waals surface area contributed by atoms with Gasteiger partial charge < -0.3 is 19.7 Å². The molecule has 2 aromatic heterocycles. The van der Waals surface area contributed by atoms with E-state index in [1.165, 1.54) is 30.0 Å². The number of halogens is 2. The maximum absolute atomic E-state index is 14.7. The van der Waals surface area contributed by atoms with Crippen LogP contribution in [-0.2, 0) is 32.0 Å². The molecule has 2 heterocycles. The van der Waals surface area contributed by atoms with Gasteiger partial charge in [0.2, 0.25) is 0 Å². The molecule has 10 nitrogen and oxygen atoms in total. The third-order valence-electron chi connectivity index (χ3n) is 4.53. The molecule has 3 rings (SSSR count). The minimum atomic E-state index is -2.52. The van der Waals surface area contributed by atoms with E-state index < -0.39 is 23.9 Å². The third kappa shape index (κ3) is 5.79. The van der Waals surface area contributed by atoms with Gasteiger partial charge in [0, 0.05) is 18.1 Å². The summed E-state index contributed by atoms with van der Waals surface area (Å²) >= 11 is 0.